The largest absolute Gasteiger partial charge is 0.334 e. The average Bonchev–Trinajstić information content (AvgIpc) is 3.41. The quantitative estimate of drug-likeness (QED) is 0.690. The molecule has 0 atom stereocenters. The molecule has 1 saturated heterocycles. The summed E-state index contributed by atoms with van der Waals surface area (Å²) in [4.78, 5) is 16.8. The van der Waals surface area contributed by atoms with Gasteiger partial charge in [0.1, 0.15) is 0 Å². The van der Waals surface area contributed by atoms with Crippen molar-refractivity contribution in [3.8, 4) is 11.5 Å². The van der Waals surface area contributed by atoms with Crippen LogP contribution >= 0.6 is 0 Å². The van der Waals surface area contributed by atoms with Gasteiger partial charge in [0.15, 0.2) is 5.82 Å². The van der Waals surface area contributed by atoms with Gasteiger partial charge in [-0.15, -0.1) is 0 Å². The predicted molar refractivity (Wildman–Crippen MR) is 107 cm³/mol. The van der Waals surface area contributed by atoms with Crippen molar-refractivity contribution in [1.82, 2.24) is 14.4 Å². The zero-order chi connectivity index (χ0) is 20.4. The molecular weight excluding hydrogens is 392 g/mol. The Hall–Kier alpha value is -3.04. The SMILES string of the molecule is Cc1noc(-c2ccc(C(=O)Nc3ccc(S(=O)(=O)N4CCCC4)cc3)cc2)n1. The smallest absolute Gasteiger partial charge is 0.257 e. The summed E-state index contributed by atoms with van der Waals surface area (Å²) < 4.78 is 31.7. The first-order valence-corrected chi connectivity index (χ1v) is 10.7. The summed E-state index contributed by atoms with van der Waals surface area (Å²) in [5.41, 5.74) is 1.70. The number of amides is 1. The van der Waals surface area contributed by atoms with Gasteiger partial charge < -0.3 is 9.84 Å². The number of rotatable bonds is 5. The number of nitrogens with one attached hydrogen (secondary N) is 1. The van der Waals surface area contributed by atoms with Crippen LogP contribution in [0, 0.1) is 6.92 Å². The molecule has 0 saturated carbocycles. The molecule has 1 aliphatic heterocycles. The monoisotopic (exact) mass is 412 g/mol. The predicted octanol–water partition coefficient (Wildman–Crippen LogP) is 3.08. The molecule has 2 heterocycles. The van der Waals surface area contributed by atoms with Gasteiger partial charge in [0, 0.05) is 29.9 Å². The van der Waals surface area contributed by atoms with E-state index in [2.05, 4.69) is 15.5 Å². The third-order valence-electron chi connectivity index (χ3n) is 4.74. The van der Waals surface area contributed by atoms with E-state index >= 15 is 0 Å². The van der Waals surface area contributed by atoms with Gasteiger partial charge in [-0.1, -0.05) is 5.16 Å². The molecule has 1 aromatic heterocycles. The maximum atomic E-state index is 12.6. The number of sulfonamides is 1. The van der Waals surface area contributed by atoms with Crippen LogP contribution in [0.25, 0.3) is 11.5 Å². The van der Waals surface area contributed by atoms with Gasteiger partial charge in [-0.05, 0) is 68.3 Å². The summed E-state index contributed by atoms with van der Waals surface area (Å²) >= 11 is 0. The van der Waals surface area contributed by atoms with Gasteiger partial charge in [0.2, 0.25) is 10.0 Å². The first kappa shape index (κ1) is 19.3. The second kappa shape index (κ2) is 7.76. The summed E-state index contributed by atoms with van der Waals surface area (Å²) in [6.07, 6.45) is 1.77. The van der Waals surface area contributed by atoms with E-state index < -0.39 is 10.0 Å². The zero-order valence-corrected chi connectivity index (χ0v) is 16.6. The second-order valence-electron chi connectivity index (χ2n) is 6.81. The molecular formula is C20H20N4O4S. The zero-order valence-electron chi connectivity index (χ0n) is 15.8. The van der Waals surface area contributed by atoms with Crippen molar-refractivity contribution in [2.24, 2.45) is 0 Å². The lowest BCUT2D eigenvalue weighted by Crippen LogP contribution is -2.27. The average molecular weight is 412 g/mol. The van der Waals surface area contributed by atoms with Crippen molar-refractivity contribution in [3.05, 3.63) is 59.9 Å². The van der Waals surface area contributed by atoms with Crippen LogP contribution in [0.3, 0.4) is 0 Å². The highest BCUT2D eigenvalue weighted by Crippen LogP contribution is 2.23. The number of aryl methyl sites for hydroxylation is 1. The topological polar surface area (TPSA) is 105 Å². The number of aromatic nitrogens is 2. The van der Waals surface area contributed by atoms with Crippen LogP contribution in [0.5, 0.6) is 0 Å². The molecule has 1 N–H and O–H groups in total. The fourth-order valence-electron chi connectivity index (χ4n) is 3.17. The minimum atomic E-state index is -3.46. The summed E-state index contributed by atoms with van der Waals surface area (Å²) in [6.45, 7) is 2.84. The Morgan fingerprint density at radius 1 is 1.03 bits per heavy atom. The molecule has 8 nitrogen and oxygen atoms in total. The summed E-state index contributed by atoms with van der Waals surface area (Å²) in [7, 11) is -3.46. The van der Waals surface area contributed by atoms with E-state index in [1.807, 2.05) is 0 Å². The van der Waals surface area contributed by atoms with Gasteiger partial charge >= 0.3 is 0 Å². The first-order valence-electron chi connectivity index (χ1n) is 9.26. The number of carbonyl (C=O) groups is 1. The van der Waals surface area contributed by atoms with E-state index in [9.17, 15) is 13.2 Å². The van der Waals surface area contributed by atoms with Crippen LogP contribution in [-0.4, -0.2) is 41.9 Å². The minimum absolute atomic E-state index is 0.233. The van der Waals surface area contributed by atoms with Crippen molar-refractivity contribution in [3.63, 3.8) is 0 Å². The highest BCUT2D eigenvalue weighted by molar-refractivity contribution is 7.89. The molecule has 4 rings (SSSR count). The van der Waals surface area contributed by atoms with Crippen LogP contribution in [0.15, 0.2) is 57.9 Å². The van der Waals surface area contributed by atoms with E-state index in [0.717, 1.165) is 18.4 Å². The van der Waals surface area contributed by atoms with E-state index in [4.69, 9.17) is 4.52 Å². The summed E-state index contributed by atoms with van der Waals surface area (Å²) in [5, 5.41) is 6.52. The van der Waals surface area contributed by atoms with Crippen LogP contribution < -0.4 is 5.32 Å². The molecule has 3 aromatic rings. The number of carbonyl (C=O) groups excluding carboxylic acids is 1. The molecule has 29 heavy (non-hydrogen) atoms. The number of hydrogen-bond acceptors (Lipinski definition) is 6. The minimum Gasteiger partial charge on any atom is -0.334 e. The fraction of sp³-hybridized carbons (Fsp3) is 0.250. The van der Waals surface area contributed by atoms with Crippen LogP contribution in [-0.2, 0) is 10.0 Å². The van der Waals surface area contributed by atoms with Gasteiger partial charge in [0.05, 0.1) is 4.90 Å². The van der Waals surface area contributed by atoms with Crippen molar-refractivity contribution in [2.45, 2.75) is 24.7 Å². The second-order valence-corrected chi connectivity index (χ2v) is 8.75. The molecule has 1 fully saturated rings. The van der Waals surface area contributed by atoms with Gasteiger partial charge in [-0.25, -0.2) is 8.42 Å². The van der Waals surface area contributed by atoms with Crippen LogP contribution in [0.1, 0.15) is 29.0 Å². The molecule has 0 aliphatic carbocycles. The number of nitrogens with zero attached hydrogens (tertiary/aromatic N) is 3. The Kier molecular flexibility index (Phi) is 5.16. The van der Waals surface area contributed by atoms with E-state index in [-0.39, 0.29) is 10.8 Å². The maximum Gasteiger partial charge on any atom is 0.257 e. The third kappa shape index (κ3) is 4.06. The number of anilines is 1. The van der Waals surface area contributed by atoms with Crippen molar-refractivity contribution in [2.75, 3.05) is 18.4 Å². The Labute approximate surface area is 168 Å². The lowest BCUT2D eigenvalue weighted by Gasteiger charge is -2.15. The lowest BCUT2D eigenvalue weighted by atomic mass is 10.1. The van der Waals surface area contributed by atoms with E-state index in [0.29, 0.717) is 36.1 Å². The van der Waals surface area contributed by atoms with Crippen LogP contribution in [0.2, 0.25) is 0 Å². The molecule has 9 heteroatoms. The van der Waals surface area contributed by atoms with E-state index in [1.165, 1.54) is 16.4 Å². The molecule has 0 bridgehead atoms. The third-order valence-corrected chi connectivity index (χ3v) is 6.65. The van der Waals surface area contributed by atoms with Crippen molar-refractivity contribution < 1.29 is 17.7 Å². The standard InChI is InChI=1S/C20H20N4O4S/c1-14-21-20(28-23-14)16-6-4-15(5-7-16)19(25)22-17-8-10-18(11-9-17)29(26,27)24-12-2-3-13-24/h4-11H,2-3,12-13H2,1H3,(H,22,25). The molecule has 1 amide bonds. The van der Waals surface area contributed by atoms with Gasteiger partial charge in [0.25, 0.3) is 11.8 Å². The molecule has 150 valence electrons. The normalized spacial score (nSPS) is 14.8. The van der Waals surface area contributed by atoms with E-state index in [1.54, 1.807) is 43.3 Å². The molecule has 2 aromatic carbocycles. The summed E-state index contributed by atoms with van der Waals surface area (Å²) in [5.74, 6) is 0.634. The molecule has 0 unspecified atom stereocenters. The van der Waals surface area contributed by atoms with Gasteiger partial charge in [-0.2, -0.15) is 9.29 Å². The Bertz CT molecular complexity index is 1120. The highest BCUT2D eigenvalue weighted by Gasteiger charge is 2.26. The highest BCUT2D eigenvalue weighted by atomic mass is 32.2. The Balaban J connectivity index is 1.44. The molecule has 0 radical (unpaired) electrons. The summed E-state index contributed by atoms with van der Waals surface area (Å²) in [6, 6.07) is 13.0. The fourth-order valence-corrected chi connectivity index (χ4v) is 4.69. The lowest BCUT2D eigenvalue weighted by molar-refractivity contribution is 0.102. The Morgan fingerprint density at radius 3 is 2.28 bits per heavy atom. The maximum absolute atomic E-state index is 12.6. The van der Waals surface area contributed by atoms with Crippen molar-refractivity contribution in [1.29, 1.82) is 0 Å². The van der Waals surface area contributed by atoms with Crippen molar-refractivity contribution >= 4 is 21.6 Å². The van der Waals surface area contributed by atoms with Crippen LogP contribution in [0.4, 0.5) is 5.69 Å². The first-order chi connectivity index (χ1) is 13.9. The number of benzene rings is 2. The molecule has 0 spiro atoms. The Morgan fingerprint density at radius 2 is 1.69 bits per heavy atom. The molecule has 1 aliphatic rings. The van der Waals surface area contributed by atoms with Gasteiger partial charge in [-0.3, -0.25) is 4.79 Å². The number of hydrogen-bond donors (Lipinski definition) is 1.